The van der Waals surface area contributed by atoms with Crippen LogP contribution >= 0.6 is 11.6 Å². The molecule has 0 unspecified atom stereocenters. The van der Waals surface area contributed by atoms with Gasteiger partial charge in [-0.1, -0.05) is 125 Å². The van der Waals surface area contributed by atoms with Gasteiger partial charge in [0.05, 0.1) is 5.69 Å². The van der Waals surface area contributed by atoms with E-state index in [0.29, 0.717) is 0 Å². The van der Waals surface area contributed by atoms with Gasteiger partial charge in [-0.2, -0.15) is 0 Å². The van der Waals surface area contributed by atoms with Crippen LogP contribution in [0.1, 0.15) is 56.9 Å². The van der Waals surface area contributed by atoms with Crippen LogP contribution in [0.5, 0.6) is 0 Å². The maximum absolute atomic E-state index is 6.67. The Morgan fingerprint density at radius 1 is 0.550 bits per heavy atom. The Bertz CT molecular complexity index is 1590. The average Bonchev–Trinajstić information content (AvgIpc) is 2.93. The van der Waals surface area contributed by atoms with Crippen LogP contribution in [-0.4, -0.2) is 0 Å². The maximum Gasteiger partial charge on any atom is 0.0540 e. The highest BCUT2D eigenvalue weighted by molar-refractivity contribution is 6.31. The highest BCUT2D eigenvalue weighted by atomic mass is 35.5. The first kappa shape index (κ1) is 27.7. The van der Waals surface area contributed by atoms with Crippen molar-refractivity contribution in [2.75, 3.05) is 4.90 Å². The van der Waals surface area contributed by atoms with E-state index in [1.807, 2.05) is 6.07 Å². The normalized spacial score (nSPS) is 11.9. The van der Waals surface area contributed by atoms with E-state index in [4.69, 9.17) is 11.6 Å². The largest absolute Gasteiger partial charge is 0.310 e. The van der Waals surface area contributed by atoms with Crippen LogP contribution in [0.2, 0.25) is 5.02 Å². The third kappa shape index (κ3) is 5.71. The van der Waals surface area contributed by atoms with E-state index in [9.17, 15) is 0 Å². The number of anilines is 3. The Hall–Kier alpha value is -3.81. The molecule has 1 nitrogen and oxygen atoms in total. The summed E-state index contributed by atoms with van der Waals surface area (Å²) in [4.78, 5) is 2.36. The van der Waals surface area contributed by atoms with E-state index in [1.54, 1.807) is 0 Å². The average molecular weight is 544 g/mol. The zero-order chi connectivity index (χ0) is 28.5. The Balaban J connectivity index is 1.77. The van der Waals surface area contributed by atoms with Gasteiger partial charge in [-0.25, -0.2) is 0 Å². The van der Waals surface area contributed by atoms with Gasteiger partial charge in [-0.15, -0.1) is 0 Å². The number of aryl methyl sites for hydroxylation is 1. The van der Waals surface area contributed by atoms with Crippen LogP contribution in [0.4, 0.5) is 17.1 Å². The minimum atomic E-state index is -0.161. The summed E-state index contributed by atoms with van der Waals surface area (Å²) in [6.45, 7) is 13.5. The smallest absolute Gasteiger partial charge is 0.0540 e. The molecule has 0 atom stereocenters. The second-order valence-corrected chi connectivity index (χ2v) is 12.6. The molecule has 5 rings (SSSR count). The predicted octanol–water partition coefficient (Wildman–Crippen LogP) is 11.4. The minimum absolute atomic E-state index is 0.0269. The summed E-state index contributed by atoms with van der Waals surface area (Å²) in [5.74, 6) is 0. The highest BCUT2D eigenvalue weighted by Gasteiger charge is 2.26. The molecular weight excluding hydrogens is 506 g/mol. The van der Waals surface area contributed by atoms with Crippen molar-refractivity contribution >= 4 is 28.7 Å². The molecule has 5 aromatic carbocycles. The van der Waals surface area contributed by atoms with Crippen LogP contribution < -0.4 is 4.90 Å². The van der Waals surface area contributed by atoms with Gasteiger partial charge in [0.25, 0.3) is 0 Å². The lowest BCUT2D eigenvalue weighted by atomic mass is 9.78. The summed E-state index contributed by atoms with van der Waals surface area (Å²) in [6, 6.07) is 43.5. The zero-order valence-corrected chi connectivity index (χ0v) is 25.1. The van der Waals surface area contributed by atoms with Crippen molar-refractivity contribution in [1.29, 1.82) is 0 Å². The molecule has 0 aliphatic carbocycles. The van der Waals surface area contributed by atoms with Gasteiger partial charge in [0.2, 0.25) is 0 Å². The molecule has 0 N–H and O–H groups in total. The molecular formula is C38H38ClN. The Kier molecular flexibility index (Phi) is 7.62. The van der Waals surface area contributed by atoms with Crippen molar-refractivity contribution in [2.24, 2.45) is 0 Å². The van der Waals surface area contributed by atoms with Crippen molar-refractivity contribution in [2.45, 2.75) is 52.4 Å². The summed E-state index contributed by atoms with van der Waals surface area (Å²) in [6.07, 6.45) is 0. The van der Waals surface area contributed by atoms with E-state index in [-0.39, 0.29) is 10.8 Å². The minimum Gasteiger partial charge on any atom is -0.310 e. The zero-order valence-electron chi connectivity index (χ0n) is 24.4. The SMILES string of the molecule is Cc1cc(Cl)cc(N(c2cccc(C(C)(C)c3ccccc3)c2)c2ccc(C(C)(C)C)cc2-c2ccccc2)c1. The first-order chi connectivity index (χ1) is 19.0. The molecule has 0 bridgehead atoms. The number of nitrogens with zero attached hydrogens (tertiary/aromatic N) is 1. The topological polar surface area (TPSA) is 3.24 Å². The van der Waals surface area contributed by atoms with E-state index >= 15 is 0 Å². The summed E-state index contributed by atoms with van der Waals surface area (Å²) in [5, 5.41) is 0.730. The number of hydrogen-bond donors (Lipinski definition) is 0. The number of benzene rings is 5. The van der Waals surface area contributed by atoms with Gasteiger partial charge >= 0.3 is 0 Å². The second kappa shape index (κ2) is 11.0. The number of hydrogen-bond acceptors (Lipinski definition) is 1. The quantitative estimate of drug-likeness (QED) is 0.206. The van der Waals surface area contributed by atoms with Crippen LogP contribution in [0.15, 0.2) is 121 Å². The van der Waals surface area contributed by atoms with Gasteiger partial charge in [0.15, 0.2) is 0 Å². The molecule has 2 heteroatoms. The Labute approximate surface area is 245 Å². The van der Waals surface area contributed by atoms with Crippen LogP contribution in [0.25, 0.3) is 11.1 Å². The van der Waals surface area contributed by atoms with E-state index < -0.39 is 0 Å². The molecule has 0 saturated carbocycles. The van der Waals surface area contributed by atoms with Gasteiger partial charge in [-0.3, -0.25) is 0 Å². The molecule has 0 fully saturated rings. The van der Waals surface area contributed by atoms with Crippen LogP contribution in [0.3, 0.4) is 0 Å². The van der Waals surface area contributed by atoms with E-state index in [2.05, 4.69) is 162 Å². The molecule has 202 valence electrons. The second-order valence-electron chi connectivity index (χ2n) is 12.2. The molecule has 0 spiro atoms. The van der Waals surface area contributed by atoms with Crippen molar-refractivity contribution in [3.8, 4) is 11.1 Å². The molecule has 40 heavy (non-hydrogen) atoms. The first-order valence-electron chi connectivity index (χ1n) is 14.0. The maximum atomic E-state index is 6.67. The lowest BCUT2D eigenvalue weighted by Crippen LogP contribution is -2.20. The van der Waals surface area contributed by atoms with E-state index in [1.165, 1.54) is 27.8 Å². The third-order valence-electron chi connectivity index (χ3n) is 7.79. The molecule has 0 aliphatic rings. The van der Waals surface area contributed by atoms with E-state index in [0.717, 1.165) is 27.6 Å². The fraction of sp³-hybridized carbons (Fsp3) is 0.211. The van der Waals surface area contributed by atoms with Gasteiger partial charge < -0.3 is 4.90 Å². The molecule has 0 aliphatic heterocycles. The third-order valence-corrected chi connectivity index (χ3v) is 8.01. The molecule has 0 amide bonds. The predicted molar refractivity (Wildman–Crippen MR) is 174 cm³/mol. The summed E-state index contributed by atoms with van der Waals surface area (Å²) < 4.78 is 0. The lowest BCUT2D eigenvalue weighted by molar-refractivity contribution is 0.590. The highest BCUT2D eigenvalue weighted by Crippen LogP contribution is 2.44. The Morgan fingerprint density at radius 3 is 1.85 bits per heavy atom. The van der Waals surface area contributed by atoms with Crippen molar-refractivity contribution in [1.82, 2.24) is 0 Å². The fourth-order valence-electron chi connectivity index (χ4n) is 5.38. The summed E-state index contributed by atoms with van der Waals surface area (Å²) in [5.41, 5.74) is 10.5. The number of halogens is 1. The van der Waals surface area contributed by atoms with Gasteiger partial charge in [0.1, 0.15) is 0 Å². The monoisotopic (exact) mass is 543 g/mol. The molecule has 0 radical (unpaired) electrons. The summed E-state index contributed by atoms with van der Waals surface area (Å²) in [7, 11) is 0. The summed E-state index contributed by atoms with van der Waals surface area (Å²) >= 11 is 6.67. The van der Waals surface area contributed by atoms with Crippen molar-refractivity contribution in [3.63, 3.8) is 0 Å². The number of rotatable bonds is 6. The van der Waals surface area contributed by atoms with Crippen LogP contribution in [0, 0.1) is 6.92 Å². The lowest BCUT2D eigenvalue weighted by Gasteiger charge is -2.32. The van der Waals surface area contributed by atoms with Gasteiger partial charge in [0, 0.05) is 27.4 Å². The van der Waals surface area contributed by atoms with Crippen molar-refractivity contribution < 1.29 is 0 Å². The Morgan fingerprint density at radius 2 is 1.20 bits per heavy atom. The van der Waals surface area contributed by atoms with Gasteiger partial charge in [-0.05, 0) is 82.6 Å². The molecule has 5 aromatic rings. The molecule has 0 aromatic heterocycles. The molecule has 0 heterocycles. The van der Waals surface area contributed by atoms with Crippen LogP contribution in [-0.2, 0) is 10.8 Å². The standard InChI is InChI=1S/C38H38ClN/c1-27-22-32(39)26-34(23-27)40(33-19-13-18-31(24-33)38(5,6)29-16-11-8-12-17-29)36-21-20-30(37(2,3)4)25-35(36)28-14-9-7-10-15-28/h7-26H,1-6H3. The molecule has 0 saturated heterocycles. The first-order valence-corrected chi connectivity index (χ1v) is 14.4. The fourth-order valence-corrected chi connectivity index (χ4v) is 5.66. The van der Waals surface area contributed by atoms with Crippen molar-refractivity contribution in [3.05, 3.63) is 149 Å².